The molecule has 0 bridgehead atoms. The summed E-state index contributed by atoms with van der Waals surface area (Å²) >= 11 is 0. The minimum Gasteiger partial charge on any atom is -0.469 e. The van der Waals surface area contributed by atoms with Gasteiger partial charge in [-0.1, -0.05) is 25.5 Å². The summed E-state index contributed by atoms with van der Waals surface area (Å²) in [4.78, 5) is 11.6. The zero-order valence-corrected chi connectivity index (χ0v) is 10.6. The van der Waals surface area contributed by atoms with E-state index in [1.807, 2.05) is 0 Å². The zero-order valence-electron chi connectivity index (χ0n) is 10.6. The lowest BCUT2D eigenvalue weighted by molar-refractivity contribution is -0.146. The average Bonchev–Trinajstić information content (AvgIpc) is 2.27. The number of fused-ring (bicyclic) bond motifs is 1. The van der Waals surface area contributed by atoms with Crippen molar-refractivity contribution >= 4 is 5.97 Å². The Labute approximate surface area is 98.1 Å². The zero-order chi connectivity index (χ0) is 11.8. The van der Waals surface area contributed by atoms with Gasteiger partial charge in [0.25, 0.3) is 0 Å². The number of rotatable bonds is 1. The monoisotopic (exact) mass is 222 g/mol. The molecule has 0 N–H and O–H groups in total. The van der Waals surface area contributed by atoms with Crippen molar-refractivity contribution in [1.82, 2.24) is 0 Å². The molecule has 0 aliphatic heterocycles. The van der Waals surface area contributed by atoms with Gasteiger partial charge in [-0.05, 0) is 43.4 Å². The molecule has 2 atom stereocenters. The van der Waals surface area contributed by atoms with E-state index in [2.05, 4.69) is 19.9 Å². The predicted octanol–water partition coefficient (Wildman–Crippen LogP) is 3.32. The average molecular weight is 222 g/mol. The van der Waals surface area contributed by atoms with Gasteiger partial charge in [-0.15, -0.1) is 0 Å². The molecule has 0 spiro atoms. The topological polar surface area (TPSA) is 26.3 Å². The molecule has 2 aliphatic rings. The number of hydrogen-bond donors (Lipinski definition) is 0. The first-order valence-electron chi connectivity index (χ1n) is 6.31. The van der Waals surface area contributed by atoms with Crippen molar-refractivity contribution in [2.75, 3.05) is 7.11 Å². The van der Waals surface area contributed by atoms with Gasteiger partial charge in [0.1, 0.15) is 0 Å². The highest BCUT2D eigenvalue weighted by Gasteiger charge is 2.40. The van der Waals surface area contributed by atoms with Crippen LogP contribution in [-0.2, 0) is 9.53 Å². The molecule has 0 amide bonds. The van der Waals surface area contributed by atoms with Crippen LogP contribution in [0.25, 0.3) is 0 Å². The maximum atomic E-state index is 11.6. The van der Waals surface area contributed by atoms with Crippen LogP contribution >= 0.6 is 0 Å². The predicted molar refractivity (Wildman–Crippen MR) is 63.9 cm³/mol. The maximum absolute atomic E-state index is 11.6. The van der Waals surface area contributed by atoms with E-state index < -0.39 is 0 Å². The van der Waals surface area contributed by atoms with E-state index in [1.54, 1.807) is 5.57 Å². The van der Waals surface area contributed by atoms with Crippen molar-refractivity contribution in [3.05, 3.63) is 11.6 Å². The van der Waals surface area contributed by atoms with Gasteiger partial charge in [-0.3, -0.25) is 4.79 Å². The van der Waals surface area contributed by atoms with Crippen molar-refractivity contribution in [3.63, 3.8) is 0 Å². The van der Waals surface area contributed by atoms with Crippen molar-refractivity contribution in [2.45, 2.75) is 46.0 Å². The highest BCUT2D eigenvalue weighted by atomic mass is 16.5. The third-order valence-corrected chi connectivity index (χ3v) is 4.40. The van der Waals surface area contributed by atoms with E-state index >= 15 is 0 Å². The van der Waals surface area contributed by atoms with Gasteiger partial charge in [0.05, 0.1) is 13.0 Å². The molecule has 2 rings (SSSR count). The van der Waals surface area contributed by atoms with Gasteiger partial charge < -0.3 is 4.74 Å². The summed E-state index contributed by atoms with van der Waals surface area (Å²) in [5.41, 5.74) is 1.95. The number of ether oxygens (including phenoxy) is 1. The van der Waals surface area contributed by atoms with Crippen LogP contribution in [0.3, 0.4) is 0 Å². The van der Waals surface area contributed by atoms with E-state index in [0.717, 1.165) is 12.8 Å². The molecule has 0 heterocycles. The lowest BCUT2D eigenvalue weighted by Crippen LogP contribution is -2.35. The Morgan fingerprint density at radius 1 is 1.50 bits per heavy atom. The Bertz CT molecular complexity index is 315. The molecular formula is C14H22O2. The molecule has 2 unspecified atom stereocenters. The van der Waals surface area contributed by atoms with Gasteiger partial charge in [0.15, 0.2) is 0 Å². The van der Waals surface area contributed by atoms with Crippen molar-refractivity contribution < 1.29 is 9.53 Å². The van der Waals surface area contributed by atoms with Crippen molar-refractivity contribution in [3.8, 4) is 0 Å². The minimum atomic E-state index is -0.0309. The smallest absolute Gasteiger partial charge is 0.308 e. The number of methoxy groups -OCH3 is 1. The summed E-state index contributed by atoms with van der Waals surface area (Å²) in [5, 5.41) is 0. The molecule has 0 aromatic rings. The van der Waals surface area contributed by atoms with Crippen LogP contribution in [0.4, 0.5) is 0 Å². The van der Waals surface area contributed by atoms with Gasteiger partial charge in [-0.2, -0.15) is 0 Å². The third-order valence-electron chi connectivity index (χ3n) is 4.40. The third kappa shape index (κ3) is 2.02. The fraction of sp³-hybridized carbons (Fsp3) is 0.786. The molecule has 16 heavy (non-hydrogen) atoms. The molecule has 0 radical (unpaired) electrons. The molecule has 0 saturated heterocycles. The number of carbonyl (C=O) groups is 1. The number of hydrogen-bond acceptors (Lipinski definition) is 2. The number of esters is 1. The molecule has 2 nitrogen and oxygen atoms in total. The van der Waals surface area contributed by atoms with Gasteiger partial charge in [0, 0.05) is 0 Å². The Hall–Kier alpha value is -0.790. The Morgan fingerprint density at radius 2 is 2.25 bits per heavy atom. The molecule has 1 saturated carbocycles. The van der Waals surface area contributed by atoms with Gasteiger partial charge >= 0.3 is 5.97 Å². The van der Waals surface area contributed by atoms with Crippen LogP contribution in [0.15, 0.2) is 11.6 Å². The Morgan fingerprint density at radius 3 is 2.94 bits per heavy atom. The SMILES string of the molecule is COC(=O)C1CC=C2CCCC(C)(C)C2C1. The van der Waals surface area contributed by atoms with Crippen LogP contribution in [0.5, 0.6) is 0 Å². The first kappa shape index (κ1) is 11.7. The second-order valence-corrected chi connectivity index (χ2v) is 5.87. The normalized spacial score (nSPS) is 32.6. The summed E-state index contributed by atoms with van der Waals surface area (Å²) in [6.45, 7) is 4.68. The molecule has 0 aromatic heterocycles. The van der Waals surface area contributed by atoms with E-state index in [4.69, 9.17) is 4.74 Å². The molecule has 90 valence electrons. The van der Waals surface area contributed by atoms with Crippen LogP contribution in [0.2, 0.25) is 0 Å². The molecule has 1 fully saturated rings. The van der Waals surface area contributed by atoms with Crippen molar-refractivity contribution in [2.24, 2.45) is 17.3 Å². The summed E-state index contributed by atoms with van der Waals surface area (Å²) in [6.07, 6.45) is 8.00. The Kier molecular flexibility index (Phi) is 3.09. The summed E-state index contributed by atoms with van der Waals surface area (Å²) < 4.78 is 4.87. The Balaban J connectivity index is 2.16. The van der Waals surface area contributed by atoms with Gasteiger partial charge in [0.2, 0.25) is 0 Å². The molecular weight excluding hydrogens is 200 g/mol. The first-order chi connectivity index (χ1) is 7.54. The lowest BCUT2D eigenvalue weighted by Gasteiger charge is -2.44. The second kappa shape index (κ2) is 4.23. The molecule has 2 aliphatic carbocycles. The molecule has 0 aromatic carbocycles. The fourth-order valence-electron chi connectivity index (χ4n) is 3.35. The van der Waals surface area contributed by atoms with Gasteiger partial charge in [-0.25, -0.2) is 0 Å². The van der Waals surface area contributed by atoms with Crippen LogP contribution in [-0.4, -0.2) is 13.1 Å². The van der Waals surface area contributed by atoms with Crippen LogP contribution in [0.1, 0.15) is 46.0 Å². The molecule has 2 heteroatoms. The largest absolute Gasteiger partial charge is 0.469 e. The summed E-state index contributed by atoms with van der Waals surface area (Å²) in [5.74, 6) is 0.659. The minimum absolute atomic E-state index is 0.0309. The standard InChI is InChI=1S/C14H22O2/c1-14(2)8-4-5-10-6-7-11(9-12(10)14)13(15)16-3/h6,11-12H,4-5,7-9H2,1-3H3. The van der Waals surface area contributed by atoms with E-state index in [0.29, 0.717) is 11.3 Å². The van der Waals surface area contributed by atoms with E-state index in [-0.39, 0.29) is 11.9 Å². The summed E-state index contributed by atoms with van der Waals surface area (Å²) in [6, 6.07) is 0. The van der Waals surface area contributed by atoms with Crippen LogP contribution in [0, 0.1) is 17.3 Å². The highest BCUT2D eigenvalue weighted by molar-refractivity contribution is 5.72. The number of carbonyl (C=O) groups excluding carboxylic acids is 1. The van der Waals surface area contributed by atoms with E-state index in [9.17, 15) is 4.79 Å². The van der Waals surface area contributed by atoms with Crippen LogP contribution < -0.4 is 0 Å². The summed E-state index contributed by atoms with van der Waals surface area (Å²) in [7, 11) is 1.49. The van der Waals surface area contributed by atoms with Crippen molar-refractivity contribution in [1.29, 1.82) is 0 Å². The fourth-order valence-corrected chi connectivity index (χ4v) is 3.35. The second-order valence-electron chi connectivity index (χ2n) is 5.87. The number of allylic oxidation sites excluding steroid dienone is 2. The highest BCUT2D eigenvalue weighted by Crippen LogP contribution is 2.49. The maximum Gasteiger partial charge on any atom is 0.308 e. The quantitative estimate of drug-likeness (QED) is 0.502. The first-order valence-corrected chi connectivity index (χ1v) is 6.31. The van der Waals surface area contributed by atoms with E-state index in [1.165, 1.54) is 26.4 Å². The lowest BCUT2D eigenvalue weighted by atomic mass is 9.61.